The molecular formula is C29H42O5. The zero-order chi connectivity index (χ0) is 24.3. The number of hydrogen-bond acceptors (Lipinski definition) is 5. The van der Waals surface area contributed by atoms with Crippen LogP contribution in [0, 0.1) is 52.3 Å². The van der Waals surface area contributed by atoms with Crippen LogP contribution in [0.4, 0.5) is 0 Å². The first kappa shape index (κ1) is 24.1. The van der Waals surface area contributed by atoms with Crippen LogP contribution in [0.15, 0.2) is 12.2 Å². The average molecular weight is 471 g/mol. The molecule has 5 rings (SSSR count). The summed E-state index contributed by atoms with van der Waals surface area (Å²) in [6.07, 6.45) is 13.4. The quantitative estimate of drug-likeness (QED) is 0.507. The van der Waals surface area contributed by atoms with Crippen LogP contribution in [-0.4, -0.2) is 30.4 Å². The van der Waals surface area contributed by atoms with Crippen LogP contribution < -0.4 is 0 Å². The van der Waals surface area contributed by atoms with Gasteiger partial charge in [-0.3, -0.25) is 14.4 Å². The molecule has 5 heteroatoms. The van der Waals surface area contributed by atoms with E-state index in [1.54, 1.807) is 0 Å². The summed E-state index contributed by atoms with van der Waals surface area (Å²) in [6, 6.07) is 0. The Bertz CT molecular complexity index is 878. The number of fused-ring (bicyclic) bond motifs is 5. The van der Waals surface area contributed by atoms with Gasteiger partial charge in [-0.2, -0.15) is 0 Å². The summed E-state index contributed by atoms with van der Waals surface area (Å²) in [7, 11) is 0. The molecule has 1 heterocycles. The molecule has 4 aliphatic carbocycles. The molecule has 0 aromatic rings. The van der Waals surface area contributed by atoms with Gasteiger partial charge in [-0.1, -0.05) is 26.8 Å². The Morgan fingerprint density at radius 3 is 2.65 bits per heavy atom. The molecule has 0 bridgehead atoms. The first-order valence-corrected chi connectivity index (χ1v) is 13.7. The van der Waals surface area contributed by atoms with Gasteiger partial charge in [0.05, 0.1) is 12.5 Å². The van der Waals surface area contributed by atoms with Crippen molar-refractivity contribution in [2.75, 3.05) is 6.61 Å². The number of esters is 2. The number of hydrogen-bond donors (Lipinski definition) is 0. The first-order chi connectivity index (χ1) is 16.2. The molecule has 4 fully saturated rings. The van der Waals surface area contributed by atoms with Gasteiger partial charge in [0.1, 0.15) is 6.10 Å². The molecule has 10 atom stereocenters. The summed E-state index contributed by atoms with van der Waals surface area (Å²) >= 11 is 0. The fourth-order valence-electron chi connectivity index (χ4n) is 9.28. The van der Waals surface area contributed by atoms with Crippen LogP contribution in [0.2, 0.25) is 0 Å². The third-order valence-electron chi connectivity index (χ3n) is 11.1. The van der Waals surface area contributed by atoms with E-state index in [4.69, 9.17) is 9.47 Å². The monoisotopic (exact) mass is 470 g/mol. The maximum Gasteiger partial charge on any atom is 0.308 e. The third-order valence-corrected chi connectivity index (χ3v) is 11.1. The van der Waals surface area contributed by atoms with Crippen molar-refractivity contribution in [3.63, 3.8) is 0 Å². The number of rotatable bonds is 4. The Labute approximate surface area is 204 Å². The standard InChI is InChI=1S/C29H42O5/c1-17-5-10-26(34-27(17)32)18(2)23-8-9-25-22-7-6-20-15-21(31)11-13-28(20,4)24(22)12-14-29(23,25)16-33-19(3)30/h11,13,17-18,20,22-26H,5-10,12,14-16H2,1-4H3/t17-,18+,20+,22-,23-,24+,25+,26-,28+,29+/m1/s1. The minimum atomic E-state index is -0.198. The van der Waals surface area contributed by atoms with Gasteiger partial charge in [0.15, 0.2) is 5.78 Å². The highest BCUT2D eigenvalue weighted by atomic mass is 16.5. The molecule has 3 saturated carbocycles. The lowest BCUT2D eigenvalue weighted by molar-refractivity contribution is -0.171. The molecule has 0 aromatic carbocycles. The van der Waals surface area contributed by atoms with E-state index >= 15 is 0 Å². The molecule has 0 aromatic heterocycles. The van der Waals surface area contributed by atoms with E-state index in [9.17, 15) is 14.4 Å². The molecule has 0 radical (unpaired) electrons. The SMILES string of the molecule is CC(=O)OC[C@]12CC[C@H]3[C@@H](CC[C@H]4CC(=O)C=C[C@@]43C)[C@@H]1CC[C@@H]2[C@H](C)[C@H]1CC[C@@H](C)C(=O)O1. The van der Waals surface area contributed by atoms with Crippen molar-refractivity contribution >= 4 is 17.7 Å². The summed E-state index contributed by atoms with van der Waals surface area (Å²) in [5.41, 5.74) is 0.0717. The summed E-state index contributed by atoms with van der Waals surface area (Å²) < 4.78 is 11.8. The Hall–Kier alpha value is -1.65. The number of ketones is 1. The van der Waals surface area contributed by atoms with Gasteiger partial charge in [-0.15, -0.1) is 0 Å². The van der Waals surface area contributed by atoms with Gasteiger partial charge >= 0.3 is 11.9 Å². The second-order valence-electron chi connectivity index (χ2n) is 12.6. The van der Waals surface area contributed by atoms with Crippen molar-refractivity contribution in [1.29, 1.82) is 0 Å². The number of carbonyl (C=O) groups excluding carboxylic acids is 3. The molecule has 5 nitrogen and oxygen atoms in total. The van der Waals surface area contributed by atoms with E-state index in [2.05, 4.69) is 19.9 Å². The first-order valence-electron chi connectivity index (χ1n) is 13.7. The van der Waals surface area contributed by atoms with Crippen molar-refractivity contribution < 1.29 is 23.9 Å². The van der Waals surface area contributed by atoms with E-state index in [0.717, 1.165) is 44.9 Å². The van der Waals surface area contributed by atoms with Crippen molar-refractivity contribution in [2.24, 2.45) is 52.3 Å². The predicted molar refractivity (Wildman–Crippen MR) is 129 cm³/mol. The summed E-state index contributed by atoms with van der Waals surface area (Å²) in [6.45, 7) is 8.65. The maximum absolute atomic E-state index is 12.4. The third kappa shape index (κ3) is 3.76. The predicted octanol–water partition coefficient (Wildman–Crippen LogP) is 5.51. The number of carbonyl (C=O) groups is 3. The second-order valence-corrected chi connectivity index (χ2v) is 12.6. The fourth-order valence-corrected chi connectivity index (χ4v) is 9.28. The van der Waals surface area contributed by atoms with Crippen molar-refractivity contribution in [1.82, 2.24) is 0 Å². The molecule has 1 saturated heterocycles. The second kappa shape index (κ2) is 8.78. The van der Waals surface area contributed by atoms with E-state index in [0.29, 0.717) is 42.6 Å². The molecule has 188 valence electrons. The maximum atomic E-state index is 12.4. The van der Waals surface area contributed by atoms with E-state index in [1.807, 2.05) is 13.0 Å². The van der Waals surface area contributed by atoms with E-state index in [1.165, 1.54) is 13.3 Å². The zero-order valence-corrected chi connectivity index (χ0v) is 21.4. The van der Waals surface area contributed by atoms with Gasteiger partial charge in [-0.25, -0.2) is 0 Å². The lowest BCUT2D eigenvalue weighted by Crippen LogP contribution is -2.55. The Kier molecular flexibility index (Phi) is 6.21. The molecule has 0 N–H and O–H groups in total. The minimum absolute atomic E-state index is 0.00317. The smallest absolute Gasteiger partial charge is 0.308 e. The van der Waals surface area contributed by atoms with Crippen molar-refractivity contribution in [3.8, 4) is 0 Å². The highest BCUT2D eigenvalue weighted by Crippen LogP contribution is 2.68. The summed E-state index contributed by atoms with van der Waals surface area (Å²) in [5, 5.41) is 0. The molecular weight excluding hydrogens is 428 g/mol. The molecule has 0 amide bonds. The van der Waals surface area contributed by atoms with Gasteiger partial charge in [-0.05, 0) is 98.4 Å². The highest BCUT2D eigenvalue weighted by molar-refractivity contribution is 5.91. The Balaban J connectivity index is 1.43. The molecule has 0 spiro atoms. The van der Waals surface area contributed by atoms with E-state index in [-0.39, 0.29) is 46.5 Å². The van der Waals surface area contributed by atoms with Crippen LogP contribution in [-0.2, 0) is 23.9 Å². The van der Waals surface area contributed by atoms with Crippen LogP contribution in [0.1, 0.15) is 85.5 Å². The van der Waals surface area contributed by atoms with Gasteiger partial charge in [0, 0.05) is 18.8 Å². The minimum Gasteiger partial charge on any atom is -0.465 e. The normalized spacial score (nSPS) is 46.6. The summed E-state index contributed by atoms with van der Waals surface area (Å²) in [5.74, 6) is 2.89. The van der Waals surface area contributed by atoms with Crippen molar-refractivity contribution in [3.05, 3.63) is 12.2 Å². The van der Waals surface area contributed by atoms with Crippen LogP contribution in [0.5, 0.6) is 0 Å². The number of ether oxygens (including phenoxy) is 2. The number of cyclic esters (lactones) is 1. The van der Waals surface area contributed by atoms with Crippen LogP contribution in [0.3, 0.4) is 0 Å². The topological polar surface area (TPSA) is 69.7 Å². The Morgan fingerprint density at radius 2 is 1.91 bits per heavy atom. The molecule has 1 aliphatic heterocycles. The largest absolute Gasteiger partial charge is 0.465 e. The zero-order valence-electron chi connectivity index (χ0n) is 21.4. The lowest BCUT2D eigenvalue weighted by Gasteiger charge is -2.60. The van der Waals surface area contributed by atoms with Gasteiger partial charge in [0.2, 0.25) is 0 Å². The van der Waals surface area contributed by atoms with Gasteiger partial charge < -0.3 is 9.47 Å². The van der Waals surface area contributed by atoms with Crippen molar-refractivity contribution in [2.45, 2.75) is 91.6 Å². The average Bonchev–Trinajstić information content (AvgIpc) is 3.19. The molecule has 34 heavy (non-hydrogen) atoms. The Morgan fingerprint density at radius 1 is 1.12 bits per heavy atom. The molecule has 0 unspecified atom stereocenters. The van der Waals surface area contributed by atoms with E-state index < -0.39 is 0 Å². The van der Waals surface area contributed by atoms with Crippen LogP contribution in [0.25, 0.3) is 0 Å². The number of allylic oxidation sites excluding steroid dienone is 2. The van der Waals surface area contributed by atoms with Gasteiger partial charge in [0.25, 0.3) is 0 Å². The summed E-state index contributed by atoms with van der Waals surface area (Å²) in [4.78, 5) is 36.5. The fraction of sp³-hybridized carbons (Fsp3) is 0.828. The van der Waals surface area contributed by atoms with Crippen LogP contribution >= 0.6 is 0 Å². The molecule has 5 aliphatic rings. The highest BCUT2D eigenvalue weighted by Gasteiger charge is 2.63. The lowest BCUT2D eigenvalue weighted by atomic mass is 9.45.